The topological polar surface area (TPSA) is 89.0 Å². The molecule has 2 aliphatic rings. The molecule has 0 bridgehead atoms. The van der Waals surface area contributed by atoms with Crippen molar-refractivity contribution in [2.75, 3.05) is 11.5 Å². The molecule has 4 aromatic rings. The predicted molar refractivity (Wildman–Crippen MR) is 142 cm³/mol. The first-order valence-electron chi connectivity index (χ1n) is 12.2. The Kier molecular flexibility index (Phi) is 5.87. The van der Waals surface area contributed by atoms with Crippen molar-refractivity contribution in [2.24, 2.45) is 0 Å². The highest BCUT2D eigenvalue weighted by Crippen LogP contribution is 2.45. The van der Waals surface area contributed by atoms with Gasteiger partial charge >= 0.3 is 5.91 Å². The molecule has 192 valence electrons. The van der Waals surface area contributed by atoms with Crippen LogP contribution in [-0.4, -0.2) is 34.5 Å². The highest BCUT2D eigenvalue weighted by Gasteiger charge is 2.48. The molecule has 2 atom stereocenters. The van der Waals surface area contributed by atoms with Crippen LogP contribution in [-0.2, 0) is 16.0 Å². The summed E-state index contributed by atoms with van der Waals surface area (Å²) in [6, 6.07) is 15.1. The maximum absolute atomic E-state index is 13.8. The molecule has 1 aromatic heterocycles. The Morgan fingerprint density at radius 1 is 1.16 bits per heavy atom. The van der Waals surface area contributed by atoms with Crippen molar-refractivity contribution in [3.05, 3.63) is 88.7 Å². The first-order valence-corrected chi connectivity index (χ1v) is 13.1. The van der Waals surface area contributed by atoms with Crippen LogP contribution in [0.25, 0.3) is 16.0 Å². The lowest BCUT2D eigenvalue weighted by Crippen LogP contribution is -2.29. The number of benzene rings is 3. The van der Waals surface area contributed by atoms with Crippen LogP contribution in [0.2, 0.25) is 0 Å². The lowest BCUT2D eigenvalue weighted by Gasteiger charge is -2.23. The van der Waals surface area contributed by atoms with Gasteiger partial charge in [-0.15, -0.1) is 0 Å². The van der Waals surface area contributed by atoms with Crippen LogP contribution in [0.1, 0.15) is 36.6 Å². The number of ketones is 1. The number of fused-ring (bicyclic) bond motifs is 2. The molecule has 1 N–H and O–H groups in total. The Labute approximate surface area is 221 Å². The lowest BCUT2D eigenvalue weighted by atomic mass is 9.94. The molecule has 3 heterocycles. The second kappa shape index (κ2) is 9.25. The van der Waals surface area contributed by atoms with Gasteiger partial charge in [-0.05, 0) is 73.5 Å². The van der Waals surface area contributed by atoms with Crippen LogP contribution in [0.3, 0.4) is 0 Å². The minimum absolute atomic E-state index is 0.00877. The summed E-state index contributed by atoms with van der Waals surface area (Å²) in [4.78, 5) is 32.8. The monoisotopic (exact) mass is 530 g/mol. The summed E-state index contributed by atoms with van der Waals surface area (Å²) < 4.78 is 25.9. The van der Waals surface area contributed by atoms with Crippen molar-refractivity contribution in [2.45, 2.75) is 32.4 Å². The summed E-state index contributed by atoms with van der Waals surface area (Å²) in [6.07, 6.45) is 0.677. The predicted octanol–water partition coefficient (Wildman–Crippen LogP) is 5.78. The summed E-state index contributed by atoms with van der Waals surface area (Å²) in [6.45, 7) is 4.35. The Balaban J connectivity index is 1.50. The van der Waals surface area contributed by atoms with Crippen molar-refractivity contribution in [3.63, 3.8) is 0 Å². The van der Waals surface area contributed by atoms with Gasteiger partial charge in [-0.1, -0.05) is 23.5 Å². The van der Waals surface area contributed by atoms with Gasteiger partial charge in [0, 0.05) is 12.0 Å². The molecular formula is C29H23FN2O5S. The van der Waals surface area contributed by atoms with E-state index < -0.39 is 23.5 Å². The van der Waals surface area contributed by atoms with E-state index >= 15 is 0 Å². The molecule has 1 amide bonds. The fourth-order valence-corrected chi connectivity index (χ4v) is 5.99. The number of carbonyl (C=O) groups is 2. The fraction of sp³-hybridized carbons (Fsp3) is 0.207. The number of aliphatic hydroxyl groups is 1. The highest BCUT2D eigenvalue weighted by atomic mass is 32.1. The van der Waals surface area contributed by atoms with Gasteiger partial charge < -0.3 is 14.6 Å². The lowest BCUT2D eigenvalue weighted by molar-refractivity contribution is -0.132. The minimum atomic E-state index is -0.994. The number of nitrogens with zero attached hydrogens (tertiary/aromatic N) is 2. The third-order valence-corrected chi connectivity index (χ3v) is 7.68. The Morgan fingerprint density at radius 2 is 1.95 bits per heavy atom. The number of ether oxygens (including phenoxy) is 2. The number of hydrogen-bond donors (Lipinski definition) is 1. The standard InChI is InChI=1S/C29H23FN2O5S/c1-3-36-20-9-10-21-23(14-20)38-29(31-21)32-25(16-4-7-19(30)8-5-16)24(27(34)28(32)35)26(33)17-6-11-22-18(13-17)12-15(2)37-22/h4-11,13-15,25,33H,3,12H2,1-2H3/t15-,25-/m0/s1. The van der Waals surface area contributed by atoms with Crippen LogP contribution in [0.15, 0.2) is 66.2 Å². The van der Waals surface area contributed by atoms with E-state index in [4.69, 9.17) is 9.47 Å². The minimum Gasteiger partial charge on any atom is -0.507 e. The van der Waals surface area contributed by atoms with E-state index in [0.29, 0.717) is 40.6 Å². The third-order valence-electron chi connectivity index (χ3n) is 6.67. The average Bonchev–Trinajstić information content (AvgIpc) is 3.56. The summed E-state index contributed by atoms with van der Waals surface area (Å²) in [7, 11) is 0. The quantitative estimate of drug-likeness (QED) is 0.200. The zero-order valence-corrected chi connectivity index (χ0v) is 21.4. The molecule has 0 unspecified atom stereocenters. The number of aromatic nitrogens is 1. The largest absolute Gasteiger partial charge is 0.507 e. The molecule has 7 nitrogen and oxygen atoms in total. The molecule has 0 spiro atoms. The summed E-state index contributed by atoms with van der Waals surface area (Å²) >= 11 is 1.23. The fourth-order valence-electron chi connectivity index (χ4n) is 4.97. The van der Waals surface area contributed by atoms with Crippen molar-refractivity contribution in [1.82, 2.24) is 4.98 Å². The van der Waals surface area contributed by atoms with Gasteiger partial charge in [-0.25, -0.2) is 9.37 Å². The molecule has 3 aromatic carbocycles. The third kappa shape index (κ3) is 3.99. The van der Waals surface area contributed by atoms with E-state index in [1.165, 1.54) is 40.5 Å². The van der Waals surface area contributed by atoms with Crippen LogP contribution in [0.4, 0.5) is 9.52 Å². The molecule has 0 saturated carbocycles. The van der Waals surface area contributed by atoms with Crippen LogP contribution in [0.5, 0.6) is 11.5 Å². The Morgan fingerprint density at radius 3 is 2.71 bits per heavy atom. The van der Waals surface area contributed by atoms with Crippen molar-refractivity contribution < 1.29 is 28.6 Å². The molecule has 1 fully saturated rings. The molecule has 0 radical (unpaired) electrons. The van der Waals surface area contributed by atoms with Gasteiger partial charge in [0.2, 0.25) is 0 Å². The number of carbonyl (C=O) groups excluding carboxylic acids is 2. The number of hydrogen-bond acceptors (Lipinski definition) is 7. The summed E-state index contributed by atoms with van der Waals surface area (Å²) in [5.41, 5.74) is 2.34. The molecule has 6 rings (SSSR count). The van der Waals surface area contributed by atoms with Crippen molar-refractivity contribution in [3.8, 4) is 11.5 Å². The first-order chi connectivity index (χ1) is 18.3. The maximum Gasteiger partial charge on any atom is 0.301 e. The molecule has 0 aliphatic carbocycles. The van der Waals surface area contributed by atoms with E-state index in [1.807, 2.05) is 19.9 Å². The van der Waals surface area contributed by atoms with Crippen LogP contribution >= 0.6 is 11.3 Å². The van der Waals surface area contributed by atoms with Gasteiger partial charge in [0.05, 0.1) is 28.4 Å². The SMILES string of the molecule is CCOc1ccc2nc(N3C(=O)C(=O)C(=C(O)c4ccc5c(c4)C[C@H](C)O5)[C@@H]3c3ccc(F)cc3)sc2c1. The average molecular weight is 531 g/mol. The second-order valence-corrected chi connectivity index (χ2v) is 10.2. The van der Waals surface area contributed by atoms with Gasteiger partial charge in [-0.3, -0.25) is 14.5 Å². The zero-order chi connectivity index (χ0) is 26.6. The van der Waals surface area contributed by atoms with Crippen LogP contribution < -0.4 is 14.4 Å². The second-order valence-electron chi connectivity index (χ2n) is 9.23. The number of amides is 1. The molecule has 1 saturated heterocycles. The van der Waals surface area contributed by atoms with E-state index in [0.717, 1.165) is 16.0 Å². The summed E-state index contributed by atoms with van der Waals surface area (Å²) in [5.74, 6) is -1.02. The first kappa shape index (κ1) is 24.1. The van der Waals surface area contributed by atoms with Gasteiger partial charge in [-0.2, -0.15) is 0 Å². The molecule has 38 heavy (non-hydrogen) atoms. The number of anilines is 1. The number of thiazole rings is 1. The normalized spacial score (nSPS) is 20.1. The Bertz CT molecular complexity index is 1630. The number of halogens is 1. The molecular weight excluding hydrogens is 507 g/mol. The van der Waals surface area contributed by atoms with Gasteiger partial charge in [0.1, 0.15) is 29.2 Å². The maximum atomic E-state index is 13.8. The van der Waals surface area contributed by atoms with Crippen molar-refractivity contribution in [1.29, 1.82) is 0 Å². The number of rotatable bonds is 5. The van der Waals surface area contributed by atoms with E-state index in [1.54, 1.807) is 30.3 Å². The van der Waals surface area contributed by atoms with Crippen molar-refractivity contribution >= 4 is 44.1 Å². The van der Waals surface area contributed by atoms with Gasteiger partial charge in [0.25, 0.3) is 5.78 Å². The van der Waals surface area contributed by atoms with E-state index in [9.17, 15) is 19.1 Å². The zero-order valence-electron chi connectivity index (χ0n) is 20.6. The summed E-state index contributed by atoms with van der Waals surface area (Å²) in [5, 5.41) is 11.7. The van der Waals surface area contributed by atoms with Crippen LogP contribution in [0, 0.1) is 5.82 Å². The smallest absolute Gasteiger partial charge is 0.301 e. The van der Waals surface area contributed by atoms with E-state index in [-0.39, 0.29) is 17.4 Å². The number of aliphatic hydroxyl groups excluding tert-OH is 1. The van der Waals surface area contributed by atoms with Gasteiger partial charge in [0.15, 0.2) is 5.13 Å². The Hall–Kier alpha value is -4.24. The van der Waals surface area contributed by atoms with E-state index in [2.05, 4.69) is 4.98 Å². The molecule has 2 aliphatic heterocycles. The molecule has 9 heteroatoms. The number of Topliss-reactive ketones (excluding diaryl/α,β-unsaturated/α-hetero) is 1. The highest BCUT2D eigenvalue weighted by molar-refractivity contribution is 7.22.